The molecule has 0 bridgehead atoms. The Morgan fingerprint density at radius 2 is 2.29 bits per heavy atom. The lowest BCUT2D eigenvalue weighted by Crippen LogP contribution is -2.13. The number of alkyl halides is 1. The topological polar surface area (TPSA) is 32.3 Å². The summed E-state index contributed by atoms with van der Waals surface area (Å²) in [7, 11) is 2.08. The van der Waals surface area contributed by atoms with Gasteiger partial charge in [-0.3, -0.25) is 9.69 Å². The monoisotopic (exact) mass is 252 g/mol. The van der Waals surface area contributed by atoms with Gasteiger partial charge in [-0.05, 0) is 30.7 Å². The third-order valence-corrected chi connectivity index (χ3v) is 3.22. The highest BCUT2D eigenvalue weighted by Gasteiger charge is 2.19. The molecular weight excluding hydrogens is 236 g/mol. The quantitative estimate of drug-likeness (QED) is 0.836. The molecule has 0 unspecified atom stereocenters. The molecule has 0 aliphatic carbocycles. The van der Waals surface area contributed by atoms with Gasteiger partial charge in [-0.1, -0.05) is 12.1 Å². The third-order valence-electron chi connectivity index (χ3n) is 2.95. The Balaban J connectivity index is 2.07. The van der Waals surface area contributed by atoms with Gasteiger partial charge in [0, 0.05) is 31.1 Å². The van der Waals surface area contributed by atoms with Crippen molar-refractivity contribution in [3.05, 3.63) is 29.3 Å². The van der Waals surface area contributed by atoms with E-state index in [1.54, 1.807) is 0 Å². The van der Waals surface area contributed by atoms with Crippen LogP contribution in [0.2, 0.25) is 0 Å². The van der Waals surface area contributed by atoms with E-state index in [0.717, 1.165) is 25.2 Å². The number of hydrogen-bond donors (Lipinski definition) is 1. The number of anilines is 1. The van der Waals surface area contributed by atoms with Crippen LogP contribution in [0.15, 0.2) is 18.2 Å². The van der Waals surface area contributed by atoms with Gasteiger partial charge in [0.15, 0.2) is 0 Å². The third kappa shape index (κ3) is 2.99. The van der Waals surface area contributed by atoms with E-state index in [0.29, 0.717) is 12.3 Å². The number of rotatable bonds is 4. The molecular formula is C13H17ClN2O. The fraction of sp³-hybridized carbons (Fsp3) is 0.462. The van der Waals surface area contributed by atoms with Crippen LogP contribution in [0, 0.1) is 0 Å². The van der Waals surface area contributed by atoms with Gasteiger partial charge >= 0.3 is 0 Å². The molecule has 1 aromatic carbocycles. The molecule has 92 valence electrons. The normalized spacial score (nSPS) is 14.7. The van der Waals surface area contributed by atoms with Gasteiger partial charge in [-0.2, -0.15) is 0 Å². The summed E-state index contributed by atoms with van der Waals surface area (Å²) in [5.74, 6) is 0.580. The fourth-order valence-electron chi connectivity index (χ4n) is 2.14. The summed E-state index contributed by atoms with van der Waals surface area (Å²) in [5, 5.41) is 2.97. The van der Waals surface area contributed by atoms with Crippen molar-refractivity contribution < 1.29 is 4.79 Å². The molecule has 0 aromatic heterocycles. The van der Waals surface area contributed by atoms with Crippen molar-refractivity contribution in [1.29, 1.82) is 0 Å². The van der Waals surface area contributed by atoms with E-state index in [2.05, 4.69) is 23.3 Å². The van der Waals surface area contributed by atoms with Crippen LogP contribution >= 0.6 is 11.6 Å². The summed E-state index contributed by atoms with van der Waals surface area (Å²) in [4.78, 5) is 13.9. The van der Waals surface area contributed by atoms with E-state index in [4.69, 9.17) is 11.6 Å². The molecule has 4 heteroatoms. The van der Waals surface area contributed by atoms with Crippen LogP contribution in [0.3, 0.4) is 0 Å². The number of nitrogens with zero attached hydrogens (tertiary/aromatic N) is 1. The molecule has 1 amide bonds. The SMILES string of the molecule is CN1Cc2cccc(NC(=O)CCCCl)c2C1. The van der Waals surface area contributed by atoms with Gasteiger partial charge in [0.05, 0.1) is 0 Å². The summed E-state index contributed by atoms with van der Waals surface area (Å²) in [6.45, 7) is 1.86. The number of fused-ring (bicyclic) bond motifs is 1. The Kier molecular flexibility index (Phi) is 4.02. The minimum absolute atomic E-state index is 0.0496. The number of benzene rings is 1. The van der Waals surface area contributed by atoms with Crippen molar-refractivity contribution in [2.45, 2.75) is 25.9 Å². The predicted octanol–water partition coefficient (Wildman–Crippen LogP) is 2.59. The zero-order chi connectivity index (χ0) is 12.3. The Bertz CT molecular complexity index is 420. The highest BCUT2D eigenvalue weighted by Crippen LogP contribution is 2.28. The largest absolute Gasteiger partial charge is 0.326 e. The van der Waals surface area contributed by atoms with Crippen LogP contribution in [0.4, 0.5) is 5.69 Å². The van der Waals surface area contributed by atoms with E-state index in [-0.39, 0.29) is 5.91 Å². The van der Waals surface area contributed by atoms with Crippen molar-refractivity contribution in [1.82, 2.24) is 4.90 Å². The molecule has 1 N–H and O–H groups in total. The first-order valence-corrected chi connectivity index (χ1v) is 6.39. The van der Waals surface area contributed by atoms with E-state index in [1.807, 2.05) is 12.1 Å². The molecule has 0 saturated heterocycles. The molecule has 1 heterocycles. The Morgan fingerprint density at radius 3 is 3.06 bits per heavy atom. The van der Waals surface area contributed by atoms with Gasteiger partial charge in [-0.25, -0.2) is 0 Å². The first-order chi connectivity index (χ1) is 8.20. The lowest BCUT2D eigenvalue weighted by atomic mass is 10.1. The Labute approximate surface area is 107 Å². The average molecular weight is 253 g/mol. The molecule has 0 fully saturated rings. The van der Waals surface area contributed by atoms with E-state index in [1.165, 1.54) is 11.1 Å². The molecule has 1 aromatic rings. The molecule has 17 heavy (non-hydrogen) atoms. The summed E-state index contributed by atoms with van der Waals surface area (Å²) >= 11 is 5.57. The number of hydrogen-bond acceptors (Lipinski definition) is 2. The maximum Gasteiger partial charge on any atom is 0.224 e. The molecule has 2 rings (SSSR count). The lowest BCUT2D eigenvalue weighted by molar-refractivity contribution is -0.116. The van der Waals surface area contributed by atoms with Crippen LogP contribution in [0.25, 0.3) is 0 Å². The summed E-state index contributed by atoms with van der Waals surface area (Å²) in [6.07, 6.45) is 1.21. The van der Waals surface area contributed by atoms with Crippen LogP contribution in [0.5, 0.6) is 0 Å². The molecule has 0 radical (unpaired) electrons. The van der Waals surface area contributed by atoms with Gasteiger partial charge in [0.2, 0.25) is 5.91 Å². The first kappa shape index (κ1) is 12.4. The number of amides is 1. The maximum absolute atomic E-state index is 11.7. The molecule has 1 aliphatic rings. The van der Waals surface area contributed by atoms with Gasteiger partial charge in [-0.15, -0.1) is 11.6 Å². The van der Waals surface area contributed by atoms with Crippen LogP contribution in [-0.4, -0.2) is 23.7 Å². The highest BCUT2D eigenvalue weighted by atomic mass is 35.5. The molecule has 0 atom stereocenters. The van der Waals surface area contributed by atoms with E-state index >= 15 is 0 Å². The van der Waals surface area contributed by atoms with Gasteiger partial charge in [0.1, 0.15) is 0 Å². The van der Waals surface area contributed by atoms with Crippen molar-refractivity contribution in [2.24, 2.45) is 0 Å². The van der Waals surface area contributed by atoms with Crippen molar-refractivity contribution in [3.8, 4) is 0 Å². The number of halogens is 1. The summed E-state index contributed by atoms with van der Waals surface area (Å²) < 4.78 is 0. The van der Waals surface area contributed by atoms with Crippen molar-refractivity contribution in [3.63, 3.8) is 0 Å². The number of carbonyl (C=O) groups excluding carboxylic acids is 1. The minimum atomic E-state index is 0.0496. The second-order valence-electron chi connectivity index (χ2n) is 4.46. The average Bonchev–Trinajstić information content (AvgIpc) is 2.68. The Morgan fingerprint density at radius 1 is 1.47 bits per heavy atom. The zero-order valence-electron chi connectivity index (χ0n) is 10.0. The highest BCUT2D eigenvalue weighted by molar-refractivity contribution is 6.18. The lowest BCUT2D eigenvalue weighted by Gasteiger charge is -2.09. The molecule has 3 nitrogen and oxygen atoms in total. The molecule has 0 saturated carbocycles. The first-order valence-electron chi connectivity index (χ1n) is 5.86. The van der Waals surface area contributed by atoms with Crippen LogP contribution in [-0.2, 0) is 17.9 Å². The van der Waals surface area contributed by atoms with Gasteiger partial charge < -0.3 is 5.32 Å². The second kappa shape index (κ2) is 5.52. The van der Waals surface area contributed by atoms with Crippen molar-refractivity contribution in [2.75, 3.05) is 18.2 Å². The van der Waals surface area contributed by atoms with E-state index < -0.39 is 0 Å². The second-order valence-corrected chi connectivity index (χ2v) is 4.83. The van der Waals surface area contributed by atoms with E-state index in [9.17, 15) is 4.79 Å². The minimum Gasteiger partial charge on any atom is -0.326 e. The van der Waals surface area contributed by atoms with Crippen molar-refractivity contribution >= 4 is 23.2 Å². The summed E-state index contributed by atoms with van der Waals surface area (Å²) in [5.41, 5.74) is 3.50. The maximum atomic E-state index is 11.7. The predicted molar refractivity (Wildman–Crippen MR) is 70.2 cm³/mol. The summed E-state index contributed by atoms with van der Waals surface area (Å²) in [6, 6.07) is 6.08. The zero-order valence-corrected chi connectivity index (χ0v) is 10.8. The molecule has 0 spiro atoms. The smallest absolute Gasteiger partial charge is 0.224 e. The van der Waals surface area contributed by atoms with Gasteiger partial charge in [0.25, 0.3) is 0 Å². The molecule has 1 aliphatic heterocycles. The standard InChI is InChI=1S/C13H17ClN2O/c1-16-8-10-4-2-5-12(11(10)9-16)15-13(17)6-3-7-14/h2,4-5H,3,6-9H2,1H3,(H,15,17). The number of carbonyl (C=O) groups is 1. The van der Waals surface area contributed by atoms with Crippen LogP contribution in [0.1, 0.15) is 24.0 Å². The number of nitrogens with one attached hydrogen (secondary N) is 1. The van der Waals surface area contributed by atoms with Crippen LogP contribution < -0.4 is 5.32 Å². The Hall–Kier alpha value is -1.06. The fourth-order valence-corrected chi connectivity index (χ4v) is 2.28.